The molecule has 0 aromatic heterocycles. The van der Waals surface area contributed by atoms with Crippen LogP contribution in [0.4, 0.5) is 20.6 Å². The van der Waals surface area contributed by atoms with Crippen molar-refractivity contribution < 1.29 is 9.18 Å². The van der Waals surface area contributed by atoms with Crippen molar-refractivity contribution in [2.75, 3.05) is 10.6 Å². The fourth-order valence-corrected chi connectivity index (χ4v) is 1.71. The van der Waals surface area contributed by atoms with Crippen LogP contribution < -0.4 is 10.6 Å². The van der Waals surface area contributed by atoms with Gasteiger partial charge in [-0.2, -0.15) is 0 Å². The van der Waals surface area contributed by atoms with E-state index in [2.05, 4.69) is 10.6 Å². The second-order valence-corrected chi connectivity index (χ2v) is 4.56. The summed E-state index contributed by atoms with van der Waals surface area (Å²) < 4.78 is 12.9. The van der Waals surface area contributed by atoms with Gasteiger partial charge < -0.3 is 10.6 Å². The van der Waals surface area contributed by atoms with E-state index in [1.54, 1.807) is 24.3 Å². The van der Waals surface area contributed by atoms with Crippen LogP contribution in [0.2, 0.25) is 10.0 Å². The molecule has 2 aromatic rings. The Bertz CT molecular complexity index is 602. The Hall–Kier alpha value is -1.78. The minimum absolute atomic E-state index is 0.0516. The van der Waals surface area contributed by atoms with Crippen LogP contribution in [0.25, 0.3) is 0 Å². The standard InChI is InChI=1S/C13H9Cl2FN2O/c14-8-1-3-9(4-2-8)17-13(19)18-10-5-6-12(16)11(15)7-10/h1-7H,(H2,17,18,19). The molecule has 0 aliphatic rings. The van der Waals surface area contributed by atoms with Crippen molar-refractivity contribution in [2.24, 2.45) is 0 Å². The van der Waals surface area contributed by atoms with Crippen molar-refractivity contribution in [3.63, 3.8) is 0 Å². The number of nitrogens with one attached hydrogen (secondary N) is 2. The average Bonchev–Trinajstić information content (AvgIpc) is 2.37. The molecule has 0 spiro atoms. The molecule has 2 amide bonds. The van der Waals surface area contributed by atoms with E-state index in [0.717, 1.165) is 0 Å². The summed E-state index contributed by atoms with van der Waals surface area (Å²) in [5, 5.41) is 5.67. The molecule has 2 aromatic carbocycles. The number of anilines is 2. The summed E-state index contributed by atoms with van der Waals surface area (Å²) in [7, 11) is 0. The Morgan fingerprint density at radius 1 is 0.947 bits per heavy atom. The number of hydrogen-bond donors (Lipinski definition) is 2. The van der Waals surface area contributed by atoms with E-state index < -0.39 is 11.8 Å². The molecule has 0 aliphatic heterocycles. The lowest BCUT2D eigenvalue weighted by atomic mass is 10.3. The number of rotatable bonds is 2. The summed E-state index contributed by atoms with van der Waals surface area (Å²) in [6.07, 6.45) is 0. The first-order chi connectivity index (χ1) is 9.04. The van der Waals surface area contributed by atoms with Gasteiger partial charge in [0.25, 0.3) is 0 Å². The summed E-state index contributed by atoms with van der Waals surface area (Å²) in [4.78, 5) is 11.7. The first-order valence-corrected chi connectivity index (χ1v) is 6.09. The summed E-state index contributed by atoms with van der Waals surface area (Å²) in [6, 6.07) is 10.1. The topological polar surface area (TPSA) is 41.1 Å². The van der Waals surface area contributed by atoms with Crippen molar-refractivity contribution in [3.8, 4) is 0 Å². The molecular weight excluding hydrogens is 290 g/mol. The van der Waals surface area contributed by atoms with Crippen LogP contribution in [0.1, 0.15) is 0 Å². The molecule has 0 saturated heterocycles. The molecule has 0 bridgehead atoms. The van der Waals surface area contributed by atoms with Crippen LogP contribution >= 0.6 is 23.2 Å². The largest absolute Gasteiger partial charge is 0.323 e. The normalized spacial score (nSPS) is 10.1. The fraction of sp³-hybridized carbons (Fsp3) is 0. The molecule has 0 atom stereocenters. The molecule has 3 nitrogen and oxygen atoms in total. The smallest absolute Gasteiger partial charge is 0.308 e. The van der Waals surface area contributed by atoms with Crippen molar-refractivity contribution in [2.45, 2.75) is 0 Å². The predicted octanol–water partition coefficient (Wildman–Crippen LogP) is 4.78. The SMILES string of the molecule is O=C(Nc1ccc(Cl)cc1)Nc1ccc(F)c(Cl)c1. The molecule has 0 heterocycles. The van der Waals surface area contributed by atoms with Crippen LogP contribution in [0.5, 0.6) is 0 Å². The lowest BCUT2D eigenvalue weighted by Crippen LogP contribution is -2.19. The highest BCUT2D eigenvalue weighted by Gasteiger charge is 2.05. The maximum absolute atomic E-state index is 12.9. The summed E-state index contributed by atoms with van der Waals surface area (Å²) >= 11 is 11.3. The third-order valence-electron chi connectivity index (χ3n) is 2.28. The monoisotopic (exact) mass is 298 g/mol. The first kappa shape index (κ1) is 13.6. The molecule has 0 radical (unpaired) electrons. The number of amides is 2. The van der Waals surface area contributed by atoms with E-state index in [0.29, 0.717) is 16.4 Å². The zero-order valence-electron chi connectivity index (χ0n) is 9.58. The van der Waals surface area contributed by atoms with Gasteiger partial charge in [0.1, 0.15) is 5.82 Å². The zero-order valence-corrected chi connectivity index (χ0v) is 11.1. The Morgan fingerprint density at radius 2 is 1.53 bits per heavy atom. The van der Waals surface area contributed by atoms with Gasteiger partial charge in [-0.15, -0.1) is 0 Å². The lowest BCUT2D eigenvalue weighted by Gasteiger charge is -2.08. The molecule has 2 N–H and O–H groups in total. The molecule has 6 heteroatoms. The number of urea groups is 1. The van der Waals surface area contributed by atoms with E-state index in [4.69, 9.17) is 23.2 Å². The van der Waals surface area contributed by atoms with Gasteiger partial charge in [0.2, 0.25) is 0 Å². The van der Waals surface area contributed by atoms with E-state index in [9.17, 15) is 9.18 Å². The van der Waals surface area contributed by atoms with Gasteiger partial charge in [-0.25, -0.2) is 9.18 Å². The average molecular weight is 299 g/mol. The van der Waals surface area contributed by atoms with Gasteiger partial charge in [0.15, 0.2) is 0 Å². The molecule has 0 fully saturated rings. The van der Waals surface area contributed by atoms with E-state index >= 15 is 0 Å². The molecule has 0 unspecified atom stereocenters. The van der Waals surface area contributed by atoms with Gasteiger partial charge in [0.05, 0.1) is 5.02 Å². The number of carbonyl (C=O) groups is 1. The highest BCUT2D eigenvalue weighted by Crippen LogP contribution is 2.19. The maximum Gasteiger partial charge on any atom is 0.323 e. The molecule has 2 rings (SSSR count). The number of benzene rings is 2. The van der Waals surface area contributed by atoms with E-state index in [1.807, 2.05) is 0 Å². The van der Waals surface area contributed by atoms with Crippen LogP contribution in [0.3, 0.4) is 0 Å². The van der Waals surface area contributed by atoms with Gasteiger partial charge in [0, 0.05) is 16.4 Å². The molecule has 0 aliphatic carbocycles. The highest BCUT2D eigenvalue weighted by atomic mass is 35.5. The van der Waals surface area contributed by atoms with E-state index in [1.165, 1.54) is 18.2 Å². The Labute approximate surface area is 119 Å². The summed E-state index contributed by atoms with van der Waals surface area (Å²) in [6.45, 7) is 0. The van der Waals surface area contributed by atoms with Gasteiger partial charge >= 0.3 is 6.03 Å². The van der Waals surface area contributed by atoms with Gasteiger partial charge in [-0.1, -0.05) is 23.2 Å². The molecule has 98 valence electrons. The van der Waals surface area contributed by atoms with Crippen LogP contribution in [0, 0.1) is 5.82 Å². The van der Waals surface area contributed by atoms with E-state index in [-0.39, 0.29) is 5.02 Å². The first-order valence-electron chi connectivity index (χ1n) is 5.33. The zero-order chi connectivity index (χ0) is 13.8. The van der Waals surface area contributed by atoms with Crippen molar-refractivity contribution in [3.05, 3.63) is 58.3 Å². The second-order valence-electron chi connectivity index (χ2n) is 3.71. The molecule has 0 saturated carbocycles. The fourth-order valence-electron chi connectivity index (χ4n) is 1.40. The van der Waals surface area contributed by atoms with Crippen molar-refractivity contribution in [1.82, 2.24) is 0 Å². The van der Waals surface area contributed by atoms with Crippen molar-refractivity contribution >= 4 is 40.6 Å². The summed E-state index contributed by atoms with van der Waals surface area (Å²) in [5.74, 6) is -0.537. The van der Waals surface area contributed by atoms with Crippen molar-refractivity contribution in [1.29, 1.82) is 0 Å². The highest BCUT2D eigenvalue weighted by molar-refractivity contribution is 6.31. The van der Waals surface area contributed by atoms with Gasteiger partial charge in [-0.05, 0) is 42.5 Å². The van der Waals surface area contributed by atoms with Gasteiger partial charge in [-0.3, -0.25) is 0 Å². The summed E-state index contributed by atoms with van der Waals surface area (Å²) in [5.41, 5.74) is 0.993. The Kier molecular flexibility index (Phi) is 4.24. The quantitative estimate of drug-likeness (QED) is 0.823. The molecule has 19 heavy (non-hydrogen) atoms. The minimum Gasteiger partial charge on any atom is -0.308 e. The van der Waals surface area contributed by atoms with Crippen LogP contribution in [-0.4, -0.2) is 6.03 Å². The predicted molar refractivity (Wildman–Crippen MR) is 75.5 cm³/mol. The molecular formula is C13H9Cl2FN2O. The number of carbonyl (C=O) groups excluding carboxylic acids is 1. The maximum atomic E-state index is 12.9. The van der Waals surface area contributed by atoms with Crippen LogP contribution in [0.15, 0.2) is 42.5 Å². The third kappa shape index (κ3) is 3.84. The Morgan fingerprint density at radius 3 is 2.16 bits per heavy atom. The number of hydrogen-bond acceptors (Lipinski definition) is 1. The minimum atomic E-state index is -0.537. The lowest BCUT2D eigenvalue weighted by molar-refractivity contribution is 0.262. The third-order valence-corrected chi connectivity index (χ3v) is 2.82. The Balaban J connectivity index is 2.01. The number of halogens is 3. The van der Waals surface area contributed by atoms with Crippen LogP contribution in [-0.2, 0) is 0 Å². The second kappa shape index (κ2) is 5.91.